The number of carbonyl (C=O) groups excluding carboxylic acids is 1. The van der Waals surface area contributed by atoms with Crippen LogP contribution >= 0.6 is 11.3 Å². The number of ether oxygens (including phenoxy) is 2. The van der Waals surface area contributed by atoms with E-state index in [1.54, 1.807) is 21.1 Å². The number of methoxy groups -OCH3 is 1. The van der Waals surface area contributed by atoms with E-state index in [-0.39, 0.29) is 12.2 Å². The molecule has 0 amide bonds. The Morgan fingerprint density at radius 1 is 1.32 bits per heavy atom. The molecule has 0 spiro atoms. The zero-order chi connectivity index (χ0) is 18.1. The topological polar surface area (TPSA) is 70.4 Å². The third kappa shape index (κ3) is 3.15. The van der Waals surface area contributed by atoms with E-state index >= 15 is 0 Å². The summed E-state index contributed by atoms with van der Waals surface area (Å²) >= 11 is 1.17. The molecule has 130 valence electrons. The van der Waals surface area contributed by atoms with Crippen LogP contribution in [-0.4, -0.2) is 22.6 Å². The molecule has 0 radical (unpaired) electrons. The van der Waals surface area contributed by atoms with Crippen LogP contribution in [0.5, 0.6) is 5.75 Å². The number of benzene rings is 1. The van der Waals surface area contributed by atoms with Crippen molar-refractivity contribution in [1.29, 1.82) is 0 Å². The SMILES string of the molecule is COc1ccc(C)cc1COC(=O)c1sc2ncn(C)c(=O)c2c1C. The van der Waals surface area contributed by atoms with Gasteiger partial charge < -0.3 is 14.0 Å². The highest BCUT2D eigenvalue weighted by Crippen LogP contribution is 2.28. The third-order valence-corrected chi connectivity index (χ3v) is 5.17. The van der Waals surface area contributed by atoms with Gasteiger partial charge >= 0.3 is 5.97 Å². The number of aromatic nitrogens is 2. The highest BCUT2D eigenvalue weighted by molar-refractivity contribution is 7.20. The molecular formula is C18H18N2O4S. The molecule has 0 unspecified atom stereocenters. The van der Waals surface area contributed by atoms with Gasteiger partial charge in [0.05, 0.1) is 18.8 Å². The molecule has 0 bridgehead atoms. The summed E-state index contributed by atoms with van der Waals surface area (Å²) in [5.74, 6) is 0.202. The summed E-state index contributed by atoms with van der Waals surface area (Å²) in [6.45, 7) is 3.80. The van der Waals surface area contributed by atoms with Crippen LogP contribution in [0.4, 0.5) is 0 Å². The molecule has 0 aliphatic carbocycles. The number of aryl methyl sites for hydroxylation is 3. The molecule has 2 aromatic heterocycles. The van der Waals surface area contributed by atoms with E-state index in [4.69, 9.17) is 9.47 Å². The van der Waals surface area contributed by atoms with Crippen molar-refractivity contribution in [3.8, 4) is 5.75 Å². The van der Waals surface area contributed by atoms with Crippen molar-refractivity contribution in [3.05, 3.63) is 56.4 Å². The molecule has 1 aromatic carbocycles. The van der Waals surface area contributed by atoms with Gasteiger partial charge in [-0.2, -0.15) is 0 Å². The lowest BCUT2D eigenvalue weighted by Crippen LogP contribution is -2.16. The number of fused-ring (bicyclic) bond motifs is 1. The predicted octanol–water partition coefficient (Wildman–Crippen LogP) is 2.98. The lowest BCUT2D eigenvalue weighted by atomic mass is 10.1. The molecule has 6 nitrogen and oxygen atoms in total. The normalized spacial score (nSPS) is 10.9. The summed E-state index contributed by atoms with van der Waals surface area (Å²) in [6.07, 6.45) is 1.45. The molecule has 0 N–H and O–H groups in total. The van der Waals surface area contributed by atoms with Crippen molar-refractivity contribution < 1.29 is 14.3 Å². The fourth-order valence-electron chi connectivity index (χ4n) is 2.63. The molecule has 25 heavy (non-hydrogen) atoms. The first kappa shape index (κ1) is 17.2. The van der Waals surface area contributed by atoms with Crippen LogP contribution in [0.25, 0.3) is 10.2 Å². The van der Waals surface area contributed by atoms with Gasteiger partial charge in [-0.15, -0.1) is 11.3 Å². The molecule has 0 atom stereocenters. The van der Waals surface area contributed by atoms with Gasteiger partial charge in [0.2, 0.25) is 0 Å². The van der Waals surface area contributed by atoms with Crippen LogP contribution in [-0.2, 0) is 18.4 Å². The number of rotatable bonds is 4. The first-order valence-electron chi connectivity index (χ1n) is 7.67. The van der Waals surface area contributed by atoms with E-state index in [0.717, 1.165) is 11.1 Å². The van der Waals surface area contributed by atoms with E-state index in [0.29, 0.717) is 26.4 Å². The molecule has 7 heteroatoms. The molecule has 0 fully saturated rings. The zero-order valence-corrected chi connectivity index (χ0v) is 15.3. The van der Waals surface area contributed by atoms with Gasteiger partial charge in [0, 0.05) is 12.6 Å². The fraction of sp³-hybridized carbons (Fsp3) is 0.278. The Morgan fingerprint density at radius 2 is 2.08 bits per heavy atom. The second-order valence-electron chi connectivity index (χ2n) is 5.79. The summed E-state index contributed by atoms with van der Waals surface area (Å²) in [5, 5.41) is 0.468. The molecular weight excluding hydrogens is 340 g/mol. The van der Waals surface area contributed by atoms with Crippen LogP contribution < -0.4 is 10.3 Å². The summed E-state index contributed by atoms with van der Waals surface area (Å²) in [5.41, 5.74) is 2.29. The Morgan fingerprint density at radius 3 is 2.80 bits per heavy atom. The number of carbonyl (C=O) groups is 1. The van der Waals surface area contributed by atoms with Crippen LogP contribution in [0.15, 0.2) is 29.3 Å². The summed E-state index contributed by atoms with van der Waals surface area (Å²) < 4.78 is 12.1. The fourth-order valence-corrected chi connectivity index (χ4v) is 3.67. The molecule has 3 aromatic rings. The van der Waals surface area contributed by atoms with Crippen LogP contribution in [0.3, 0.4) is 0 Å². The Kier molecular flexibility index (Phi) is 4.59. The van der Waals surface area contributed by atoms with E-state index in [2.05, 4.69) is 4.98 Å². The van der Waals surface area contributed by atoms with Crippen LogP contribution in [0.1, 0.15) is 26.4 Å². The van der Waals surface area contributed by atoms with Crippen molar-refractivity contribution in [2.75, 3.05) is 7.11 Å². The van der Waals surface area contributed by atoms with E-state index < -0.39 is 5.97 Å². The lowest BCUT2D eigenvalue weighted by molar-refractivity contribution is 0.0475. The van der Waals surface area contributed by atoms with E-state index in [1.165, 1.54) is 22.2 Å². The Balaban J connectivity index is 1.89. The first-order chi connectivity index (χ1) is 11.9. The third-order valence-electron chi connectivity index (χ3n) is 3.99. The Bertz CT molecular complexity index is 1020. The van der Waals surface area contributed by atoms with Gasteiger partial charge in [0.1, 0.15) is 22.1 Å². The minimum absolute atomic E-state index is 0.100. The second kappa shape index (κ2) is 6.68. The lowest BCUT2D eigenvalue weighted by Gasteiger charge is -2.10. The van der Waals surface area contributed by atoms with Gasteiger partial charge in [-0.05, 0) is 31.5 Å². The zero-order valence-electron chi connectivity index (χ0n) is 14.5. The van der Waals surface area contributed by atoms with Gasteiger partial charge in [-0.25, -0.2) is 9.78 Å². The quantitative estimate of drug-likeness (QED) is 0.671. The maximum absolute atomic E-state index is 12.5. The number of thiophene rings is 1. The van der Waals surface area contributed by atoms with Crippen LogP contribution in [0.2, 0.25) is 0 Å². The average Bonchev–Trinajstić information content (AvgIpc) is 2.93. The molecule has 0 saturated heterocycles. The van der Waals surface area contributed by atoms with Crippen molar-refractivity contribution in [3.63, 3.8) is 0 Å². The Hall–Kier alpha value is -2.67. The van der Waals surface area contributed by atoms with Gasteiger partial charge in [0.25, 0.3) is 5.56 Å². The standard InChI is InChI=1S/C18H18N2O4S/c1-10-5-6-13(23-4)12(7-10)8-24-18(22)15-11(2)14-16(25-15)19-9-20(3)17(14)21/h5-7,9H,8H2,1-4H3. The summed E-state index contributed by atoms with van der Waals surface area (Å²) in [6, 6.07) is 5.69. The molecule has 3 rings (SSSR count). The minimum atomic E-state index is -0.467. The van der Waals surface area contributed by atoms with Gasteiger partial charge in [-0.3, -0.25) is 4.79 Å². The monoisotopic (exact) mass is 358 g/mol. The highest BCUT2D eigenvalue weighted by atomic mass is 32.1. The van der Waals surface area contributed by atoms with Crippen molar-refractivity contribution in [2.24, 2.45) is 7.05 Å². The highest BCUT2D eigenvalue weighted by Gasteiger charge is 2.20. The molecule has 2 heterocycles. The summed E-state index contributed by atoms with van der Waals surface area (Å²) in [4.78, 5) is 29.9. The van der Waals surface area contributed by atoms with E-state index in [9.17, 15) is 9.59 Å². The largest absolute Gasteiger partial charge is 0.496 e. The minimum Gasteiger partial charge on any atom is -0.496 e. The van der Waals surface area contributed by atoms with Crippen LogP contribution in [0, 0.1) is 13.8 Å². The van der Waals surface area contributed by atoms with Crippen molar-refractivity contribution >= 4 is 27.5 Å². The molecule has 0 saturated carbocycles. The van der Waals surface area contributed by atoms with Gasteiger partial charge in [0.15, 0.2) is 0 Å². The predicted molar refractivity (Wildman–Crippen MR) is 96.4 cm³/mol. The van der Waals surface area contributed by atoms with Crippen molar-refractivity contribution in [2.45, 2.75) is 20.5 Å². The maximum Gasteiger partial charge on any atom is 0.349 e. The molecule has 0 aliphatic rings. The first-order valence-corrected chi connectivity index (χ1v) is 8.49. The Labute approximate surface area is 148 Å². The number of hydrogen-bond acceptors (Lipinski definition) is 6. The average molecular weight is 358 g/mol. The number of nitrogens with zero attached hydrogens (tertiary/aromatic N) is 2. The molecule has 0 aliphatic heterocycles. The summed E-state index contributed by atoms with van der Waals surface area (Å²) in [7, 11) is 3.21. The maximum atomic E-state index is 12.5. The van der Waals surface area contributed by atoms with Gasteiger partial charge in [-0.1, -0.05) is 11.6 Å². The van der Waals surface area contributed by atoms with Crippen molar-refractivity contribution in [1.82, 2.24) is 9.55 Å². The smallest absolute Gasteiger partial charge is 0.349 e. The van der Waals surface area contributed by atoms with E-state index in [1.807, 2.05) is 25.1 Å². The number of esters is 1. The number of hydrogen-bond donors (Lipinski definition) is 0. The second-order valence-corrected chi connectivity index (χ2v) is 6.79.